The summed E-state index contributed by atoms with van der Waals surface area (Å²) in [4.78, 5) is 0. The van der Waals surface area contributed by atoms with Crippen molar-refractivity contribution in [3.63, 3.8) is 0 Å². The van der Waals surface area contributed by atoms with E-state index in [0.717, 1.165) is 9.68 Å². The Kier molecular flexibility index (Phi) is 4.73. The fourth-order valence-corrected chi connectivity index (χ4v) is 2.79. The second kappa shape index (κ2) is 4.07. The Labute approximate surface area is 62.0 Å². The maximum atomic E-state index is 5.52. The summed E-state index contributed by atoms with van der Waals surface area (Å²) in [6.07, 6.45) is 2.06. The van der Waals surface area contributed by atoms with E-state index in [4.69, 9.17) is 6.53 Å². The van der Waals surface area contributed by atoms with Crippen molar-refractivity contribution in [2.75, 3.05) is 12.0 Å². The van der Waals surface area contributed by atoms with Crippen LogP contribution < -0.4 is 0 Å². The third-order valence-electron chi connectivity index (χ3n) is 0.493. The van der Waals surface area contributed by atoms with Crippen molar-refractivity contribution in [3.8, 4) is 0 Å². The van der Waals surface area contributed by atoms with Crippen LogP contribution >= 0.6 is 22.6 Å². The molecule has 0 radical (unpaired) electrons. The zero-order chi connectivity index (χ0) is 5.86. The van der Waals surface area contributed by atoms with E-state index in [2.05, 4.69) is 35.8 Å². The monoisotopic (exact) mass is 227 g/mol. The molecular formula is C4H9BIS-. The minimum absolute atomic E-state index is 0.147. The standard InChI is InChI=1S/C4H9BIS/c1-4(6)3-7(2)5/h4H,3H2,1-2H3/q-1/t4-/m0/s1. The molecule has 0 fully saturated rings. The first-order valence-corrected chi connectivity index (χ1v) is 5.25. The predicted molar refractivity (Wildman–Crippen MR) is 47.4 cm³/mol. The van der Waals surface area contributed by atoms with Gasteiger partial charge in [-0.15, -0.1) is 0 Å². The molecule has 0 N–H and O–H groups in total. The number of hydrogen-bond donors (Lipinski definition) is 0. The van der Waals surface area contributed by atoms with Crippen LogP contribution in [0.4, 0.5) is 0 Å². The molecule has 0 bridgehead atoms. The molecule has 0 aromatic heterocycles. The normalized spacial score (nSPS) is 15.1. The molecule has 0 aliphatic rings. The summed E-state index contributed by atoms with van der Waals surface area (Å²) in [6.45, 7) is 7.69. The number of alkyl halides is 1. The molecule has 0 saturated heterocycles. The van der Waals surface area contributed by atoms with Crippen molar-refractivity contribution in [2.24, 2.45) is 0 Å². The van der Waals surface area contributed by atoms with Gasteiger partial charge in [-0.05, 0) is 0 Å². The van der Waals surface area contributed by atoms with Gasteiger partial charge in [-0.1, -0.05) is 0 Å². The Hall–Kier alpha value is 1.14. The van der Waals surface area contributed by atoms with Gasteiger partial charge in [0, 0.05) is 0 Å². The zero-order valence-electron chi connectivity index (χ0n) is 4.65. The molecular weight excluding hydrogens is 218 g/mol. The van der Waals surface area contributed by atoms with E-state index in [1.165, 1.54) is 0 Å². The molecule has 0 spiro atoms. The summed E-state index contributed by atoms with van der Waals surface area (Å²) < 4.78 is 0.732. The first-order chi connectivity index (χ1) is 3.13. The molecule has 0 saturated carbocycles. The van der Waals surface area contributed by atoms with Gasteiger partial charge in [0.25, 0.3) is 0 Å². The van der Waals surface area contributed by atoms with Crippen molar-refractivity contribution >= 4 is 39.3 Å². The van der Waals surface area contributed by atoms with Crippen molar-refractivity contribution in [3.05, 3.63) is 0 Å². The van der Waals surface area contributed by atoms with E-state index >= 15 is 0 Å². The minimum atomic E-state index is 0.147. The van der Waals surface area contributed by atoms with Crippen LogP contribution in [0.5, 0.6) is 0 Å². The maximum absolute atomic E-state index is 5.52. The van der Waals surface area contributed by atoms with Gasteiger partial charge in [-0.3, -0.25) is 0 Å². The topological polar surface area (TPSA) is 0 Å². The van der Waals surface area contributed by atoms with E-state index in [1.807, 2.05) is 0 Å². The number of rotatable bonds is 1. The summed E-state index contributed by atoms with van der Waals surface area (Å²) in [6, 6.07) is 0. The quantitative estimate of drug-likeness (QED) is 0.272. The molecule has 42 valence electrons. The molecule has 0 aliphatic heterocycles. The Morgan fingerprint density at radius 3 is 2.29 bits per heavy atom. The van der Waals surface area contributed by atoms with Crippen LogP contribution in [-0.2, 0) is 10.1 Å². The van der Waals surface area contributed by atoms with Crippen LogP contribution in [-0.4, -0.2) is 22.5 Å². The first kappa shape index (κ1) is 8.14. The molecule has 0 aliphatic carbocycles. The van der Waals surface area contributed by atoms with Crippen LogP contribution in [0.2, 0.25) is 0 Å². The van der Waals surface area contributed by atoms with E-state index < -0.39 is 0 Å². The van der Waals surface area contributed by atoms with E-state index in [1.54, 1.807) is 0 Å². The van der Waals surface area contributed by atoms with E-state index in [0.29, 0.717) is 0 Å². The van der Waals surface area contributed by atoms with Crippen molar-refractivity contribution in [1.29, 1.82) is 0 Å². The molecule has 0 aromatic carbocycles. The summed E-state index contributed by atoms with van der Waals surface area (Å²) in [5.74, 6) is 1.15. The molecule has 0 rings (SSSR count). The Morgan fingerprint density at radius 1 is 1.86 bits per heavy atom. The fourth-order valence-electron chi connectivity index (χ4n) is 0.362. The summed E-state index contributed by atoms with van der Waals surface area (Å²) in [7, 11) is 0.147. The van der Waals surface area contributed by atoms with Gasteiger partial charge >= 0.3 is 62.1 Å². The molecule has 0 heterocycles. The van der Waals surface area contributed by atoms with E-state index in [-0.39, 0.29) is 10.1 Å². The van der Waals surface area contributed by atoms with Gasteiger partial charge in [0.05, 0.1) is 0 Å². The summed E-state index contributed by atoms with van der Waals surface area (Å²) in [5.41, 5.74) is 0. The third kappa shape index (κ3) is 7.14. The van der Waals surface area contributed by atoms with Gasteiger partial charge in [0.1, 0.15) is 0 Å². The fraction of sp³-hybridized carbons (Fsp3) is 1.00. The molecule has 3 heteroatoms. The summed E-state index contributed by atoms with van der Waals surface area (Å²) >= 11 is 2.38. The summed E-state index contributed by atoms with van der Waals surface area (Å²) in [5, 5.41) is 0. The molecule has 0 unspecified atom stereocenters. The molecule has 0 aromatic rings. The molecule has 7 heavy (non-hydrogen) atoms. The van der Waals surface area contributed by atoms with Crippen molar-refractivity contribution in [2.45, 2.75) is 10.8 Å². The predicted octanol–water partition coefficient (Wildman–Crippen LogP) is 1.14. The zero-order valence-corrected chi connectivity index (χ0v) is 7.62. The van der Waals surface area contributed by atoms with Gasteiger partial charge < -0.3 is 0 Å². The van der Waals surface area contributed by atoms with Crippen LogP contribution in [0.1, 0.15) is 6.92 Å². The van der Waals surface area contributed by atoms with Crippen LogP contribution in [0.25, 0.3) is 0 Å². The van der Waals surface area contributed by atoms with Crippen LogP contribution in [0.15, 0.2) is 0 Å². The Balaban J connectivity index is 3.19. The molecule has 0 nitrogen and oxygen atoms in total. The number of hydrogen-bond acceptors (Lipinski definition) is 1. The van der Waals surface area contributed by atoms with Gasteiger partial charge in [0.15, 0.2) is 0 Å². The van der Waals surface area contributed by atoms with Gasteiger partial charge in [0.2, 0.25) is 0 Å². The SMILES string of the molecule is B#[S-](C)C[C@H](C)I. The second-order valence-corrected chi connectivity index (χ2v) is 5.48. The van der Waals surface area contributed by atoms with Gasteiger partial charge in [-0.2, -0.15) is 0 Å². The van der Waals surface area contributed by atoms with Crippen LogP contribution in [0, 0.1) is 0 Å². The first-order valence-electron chi connectivity index (χ1n) is 2.14. The van der Waals surface area contributed by atoms with Crippen LogP contribution in [0.3, 0.4) is 0 Å². The second-order valence-electron chi connectivity index (χ2n) is 1.64. The van der Waals surface area contributed by atoms with E-state index in [9.17, 15) is 0 Å². The Morgan fingerprint density at radius 2 is 2.29 bits per heavy atom. The molecule has 0 amide bonds. The van der Waals surface area contributed by atoms with Crippen molar-refractivity contribution in [1.82, 2.24) is 0 Å². The average Bonchev–Trinajstić information content (AvgIpc) is 1.27. The van der Waals surface area contributed by atoms with Crippen molar-refractivity contribution < 1.29 is 0 Å². The molecule has 1 atom stereocenters. The average molecular weight is 227 g/mol. The number of halogens is 1. The third-order valence-corrected chi connectivity index (χ3v) is 2.56. The Bertz CT molecular complexity index is 102. The van der Waals surface area contributed by atoms with Gasteiger partial charge in [-0.25, -0.2) is 0 Å².